The molecule has 0 unspecified atom stereocenters. The average Bonchev–Trinajstić information content (AvgIpc) is 2.59. The van der Waals surface area contributed by atoms with E-state index in [-0.39, 0.29) is 0 Å². The van der Waals surface area contributed by atoms with Gasteiger partial charge in [-0.3, -0.25) is 0 Å². The Bertz CT molecular complexity index is 855. The van der Waals surface area contributed by atoms with Crippen LogP contribution in [0.3, 0.4) is 0 Å². The highest BCUT2D eigenvalue weighted by Gasteiger charge is 2.04. The van der Waals surface area contributed by atoms with Crippen molar-refractivity contribution in [1.29, 1.82) is 0 Å². The Balaban J connectivity index is 1.59. The Morgan fingerprint density at radius 2 is 1.68 bits per heavy atom. The summed E-state index contributed by atoms with van der Waals surface area (Å²) in [7, 11) is 0. The van der Waals surface area contributed by atoms with Gasteiger partial charge in [-0.25, -0.2) is 0 Å². The number of hydrogen-bond acceptors (Lipinski definition) is 5. The number of anilines is 3. The maximum absolute atomic E-state index is 6.17. The molecule has 128 valence electrons. The monoisotopic (exact) mass is 393 g/mol. The standard InChI is InChI=1S/C17H14Cl3N5/c18-12-3-5-14(6-4-12)23-17-24-16(10-22-25-17)21-8-7-11-1-2-13(19)9-15(11)20/h1-6,9-10H,7-8H2,(H2,21,23,24,25). The summed E-state index contributed by atoms with van der Waals surface area (Å²) in [5.41, 5.74) is 1.84. The lowest BCUT2D eigenvalue weighted by molar-refractivity contribution is 0.950. The smallest absolute Gasteiger partial charge is 0.249 e. The first-order chi connectivity index (χ1) is 12.1. The normalized spacial score (nSPS) is 10.5. The first-order valence-electron chi connectivity index (χ1n) is 7.50. The molecular formula is C17H14Cl3N5. The highest BCUT2D eigenvalue weighted by Crippen LogP contribution is 2.21. The Labute approximate surface area is 160 Å². The third kappa shape index (κ3) is 5.19. The van der Waals surface area contributed by atoms with Gasteiger partial charge in [0.1, 0.15) is 0 Å². The molecule has 0 aliphatic rings. The summed E-state index contributed by atoms with van der Waals surface area (Å²) >= 11 is 17.9. The molecule has 0 saturated heterocycles. The predicted molar refractivity (Wildman–Crippen MR) is 103 cm³/mol. The number of aromatic nitrogens is 3. The molecule has 0 fully saturated rings. The number of rotatable bonds is 6. The van der Waals surface area contributed by atoms with Gasteiger partial charge in [0, 0.05) is 27.3 Å². The van der Waals surface area contributed by atoms with Crippen LogP contribution in [0.25, 0.3) is 0 Å². The second-order valence-electron chi connectivity index (χ2n) is 5.21. The van der Waals surface area contributed by atoms with E-state index >= 15 is 0 Å². The highest BCUT2D eigenvalue weighted by atomic mass is 35.5. The van der Waals surface area contributed by atoms with Gasteiger partial charge in [-0.05, 0) is 48.4 Å². The second-order valence-corrected chi connectivity index (χ2v) is 6.49. The second kappa shape index (κ2) is 8.34. The van der Waals surface area contributed by atoms with Crippen molar-refractivity contribution in [3.8, 4) is 0 Å². The maximum Gasteiger partial charge on any atom is 0.249 e. The Hall–Kier alpha value is -2.08. The molecule has 1 heterocycles. The van der Waals surface area contributed by atoms with Crippen LogP contribution in [-0.4, -0.2) is 21.7 Å². The largest absolute Gasteiger partial charge is 0.368 e. The zero-order chi connectivity index (χ0) is 17.6. The van der Waals surface area contributed by atoms with E-state index < -0.39 is 0 Å². The van der Waals surface area contributed by atoms with Crippen LogP contribution in [0.2, 0.25) is 15.1 Å². The van der Waals surface area contributed by atoms with Crippen LogP contribution in [0.1, 0.15) is 5.56 Å². The highest BCUT2D eigenvalue weighted by molar-refractivity contribution is 6.35. The predicted octanol–water partition coefficient (Wildman–Crippen LogP) is 5.23. The van der Waals surface area contributed by atoms with Crippen LogP contribution in [0, 0.1) is 0 Å². The summed E-state index contributed by atoms with van der Waals surface area (Å²) in [6.07, 6.45) is 2.30. The topological polar surface area (TPSA) is 62.7 Å². The van der Waals surface area contributed by atoms with E-state index in [1.165, 1.54) is 0 Å². The van der Waals surface area contributed by atoms with Gasteiger partial charge in [-0.15, -0.1) is 5.10 Å². The summed E-state index contributed by atoms with van der Waals surface area (Å²) in [5, 5.41) is 16.1. The summed E-state index contributed by atoms with van der Waals surface area (Å²) in [5.74, 6) is 1.02. The Morgan fingerprint density at radius 1 is 0.920 bits per heavy atom. The fraction of sp³-hybridized carbons (Fsp3) is 0.118. The molecule has 3 rings (SSSR count). The average molecular weight is 395 g/mol. The maximum atomic E-state index is 6.17. The molecule has 0 bridgehead atoms. The lowest BCUT2D eigenvalue weighted by Crippen LogP contribution is -2.09. The third-order valence-corrected chi connectivity index (χ3v) is 4.21. The van der Waals surface area contributed by atoms with Gasteiger partial charge < -0.3 is 10.6 Å². The van der Waals surface area contributed by atoms with Gasteiger partial charge in [0.2, 0.25) is 5.95 Å². The Morgan fingerprint density at radius 3 is 2.44 bits per heavy atom. The molecule has 2 aromatic carbocycles. The summed E-state index contributed by atoms with van der Waals surface area (Å²) in [4.78, 5) is 4.38. The van der Waals surface area contributed by atoms with Crippen LogP contribution in [0.4, 0.5) is 17.5 Å². The number of halogens is 3. The van der Waals surface area contributed by atoms with Gasteiger partial charge in [0.15, 0.2) is 5.82 Å². The summed E-state index contributed by atoms with van der Waals surface area (Å²) in [6.45, 7) is 0.653. The fourth-order valence-electron chi connectivity index (χ4n) is 2.15. The van der Waals surface area contributed by atoms with E-state index in [4.69, 9.17) is 34.8 Å². The van der Waals surface area contributed by atoms with E-state index in [0.29, 0.717) is 33.4 Å². The van der Waals surface area contributed by atoms with Crippen molar-refractivity contribution in [2.75, 3.05) is 17.2 Å². The van der Waals surface area contributed by atoms with Crippen LogP contribution in [0.5, 0.6) is 0 Å². The van der Waals surface area contributed by atoms with E-state index in [0.717, 1.165) is 17.7 Å². The SMILES string of the molecule is Clc1ccc(Nc2nncc(NCCc3ccc(Cl)cc3Cl)n2)cc1. The zero-order valence-corrected chi connectivity index (χ0v) is 15.3. The van der Waals surface area contributed by atoms with Crippen LogP contribution < -0.4 is 10.6 Å². The van der Waals surface area contributed by atoms with Gasteiger partial charge >= 0.3 is 0 Å². The van der Waals surface area contributed by atoms with Crippen molar-refractivity contribution in [3.05, 3.63) is 69.3 Å². The summed E-state index contributed by atoms with van der Waals surface area (Å²) < 4.78 is 0. The van der Waals surface area contributed by atoms with Gasteiger partial charge in [0.25, 0.3) is 0 Å². The minimum Gasteiger partial charge on any atom is -0.368 e. The summed E-state index contributed by atoms with van der Waals surface area (Å²) in [6, 6.07) is 12.7. The molecule has 0 atom stereocenters. The number of nitrogens with one attached hydrogen (secondary N) is 2. The molecule has 5 nitrogen and oxygen atoms in total. The van der Waals surface area contributed by atoms with Gasteiger partial charge in [-0.1, -0.05) is 40.9 Å². The van der Waals surface area contributed by atoms with E-state index in [1.807, 2.05) is 24.3 Å². The Kier molecular flexibility index (Phi) is 5.91. The lowest BCUT2D eigenvalue weighted by Gasteiger charge is -2.09. The molecule has 0 spiro atoms. The van der Waals surface area contributed by atoms with Crippen molar-refractivity contribution in [3.63, 3.8) is 0 Å². The zero-order valence-electron chi connectivity index (χ0n) is 13.0. The quantitative estimate of drug-likeness (QED) is 0.599. The van der Waals surface area contributed by atoms with Gasteiger partial charge in [-0.2, -0.15) is 10.1 Å². The van der Waals surface area contributed by atoms with Crippen molar-refractivity contribution >= 4 is 52.3 Å². The van der Waals surface area contributed by atoms with Gasteiger partial charge in [0.05, 0.1) is 6.20 Å². The third-order valence-electron chi connectivity index (χ3n) is 3.37. The molecule has 0 saturated carbocycles. The number of benzene rings is 2. The van der Waals surface area contributed by atoms with Crippen molar-refractivity contribution in [2.24, 2.45) is 0 Å². The lowest BCUT2D eigenvalue weighted by atomic mass is 10.1. The minimum atomic E-state index is 0.400. The van der Waals surface area contributed by atoms with Crippen LogP contribution in [-0.2, 0) is 6.42 Å². The molecule has 0 aliphatic heterocycles. The van der Waals surface area contributed by atoms with E-state index in [2.05, 4.69) is 25.8 Å². The molecule has 1 aromatic heterocycles. The molecule has 0 amide bonds. The first-order valence-corrected chi connectivity index (χ1v) is 8.64. The molecular weight excluding hydrogens is 381 g/mol. The van der Waals surface area contributed by atoms with Crippen molar-refractivity contribution in [1.82, 2.24) is 15.2 Å². The van der Waals surface area contributed by atoms with Crippen LogP contribution in [0.15, 0.2) is 48.7 Å². The molecule has 2 N–H and O–H groups in total. The first kappa shape index (κ1) is 17.7. The van der Waals surface area contributed by atoms with E-state index in [9.17, 15) is 0 Å². The molecule has 0 radical (unpaired) electrons. The number of hydrogen-bond donors (Lipinski definition) is 2. The molecule has 8 heteroatoms. The fourth-order valence-corrected chi connectivity index (χ4v) is 2.78. The minimum absolute atomic E-state index is 0.400. The van der Waals surface area contributed by atoms with Crippen molar-refractivity contribution in [2.45, 2.75) is 6.42 Å². The number of nitrogens with zero attached hydrogens (tertiary/aromatic N) is 3. The molecule has 25 heavy (non-hydrogen) atoms. The molecule has 3 aromatic rings. The van der Waals surface area contributed by atoms with E-state index in [1.54, 1.807) is 24.4 Å². The molecule has 0 aliphatic carbocycles. The van der Waals surface area contributed by atoms with Crippen molar-refractivity contribution < 1.29 is 0 Å². The van der Waals surface area contributed by atoms with Crippen LogP contribution >= 0.6 is 34.8 Å².